The third-order valence-electron chi connectivity index (χ3n) is 2.41. The number of rotatable bonds is 4. The number of Topliss-reactive ketones (excluding diaryl/α,β-unsaturated/α-hetero) is 1. The van der Waals surface area contributed by atoms with Gasteiger partial charge < -0.3 is 9.67 Å². The van der Waals surface area contributed by atoms with Crippen molar-refractivity contribution in [1.29, 1.82) is 0 Å². The number of hydrogen-bond acceptors (Lipinski definition) is 3. The van der Waals surface area contributed by atoms with E-state index in [4.69, 9.17) is 5.11 Å². The Morgan fingerprint density at radius 1 is 1.29 bits per heavy atom. The van der Waals surface area contributed by atoms with E-state index in [0.717, 1.165) is 4.90 Å². The van der Waals surface area contributed by atoms with Gasteiger partial charge in [0.1, 0.15) is 12.4 Å². The number of amides is 1. The second-order valence-electron chi connectivity index (χ2n) is 3.69. The number of anilines is 1. The number of hydrogen-bond donors (Lipinski definition) is 1. The zero-order chi connectivity index (χ0) is 13.2. The Hall–Kier alpha value is -2.11. The number of aromatic nitrogens is 1. The van der Waals surface area contributed by atoms with E-state index in [2.05, 4.69) is 0 Å². The van der Waals surface area contributed by atoms with E-state index in [1.807, 2.05) is 0 Å². The van der Waals surface area contributed by atoms with Crippen LogP contribution in [-0.2, 0) is 16.6 Å². The van der Waals surface area contributed by atoms with Crippen LogP contribution in [0.15, 0.2) is 12.1 Å². The van der Waals surface area contributed by atoms with Gasteiger partial charge in [-0.2, -0.15) is 0 Å². The molecule has 0 radical (unpaired) electrons. The molecule has 0 aliphatic heterocycles. The summed E-state index contributed by atoms with van der Waals surface area (Å²) >= 11 is 0. The topological polar surface area (TPSA) is 79.6 Å². The molecule has 0 unspecified atom stereocenters. The molecule has 0 aliphatic rings. The van der Waals surface area contributed by atoms with Gasteiger partial charge in [0.05, 0.1) is 5.69 Å². The third kappa shape index (κ3) is 2.72. The summed E-state index contributed by atoms with van der Waals surface area (Å²) in [6.07, 6.45) is 0. The summed E-state index contributed by atoms with van der Waals surface area (Å²) in [5, 5.41) is 8.73. The Labute approximate surface area is 98.4 Å². The molecule has 1 heterocycles. The fraction of sp³-hybridized carbons (Fsp3) is 0.364. The van der Waals surface area contributed by atoms with Gasteiger partial charge in [-0.25, -0.2) is 0 Å². The molecule has 17 heavy (non-hydrogen) atoms. The van der Waals surface area contributed by atoms with E-state index in [9.17, 15) is 14.4 Å². The molecule has 1 aromatic heterocycles. The highest BCUT2D eigenvalue weighted by Gasteiger charge is 2.19. The van der Waals surface area contributed by atoms with Gasteiger partial charge in [0, 0.05) is 20.9 Å². The van der Waals surface area contributed by atoms with Crippen LogP contribution in [0.4, 0.5) is 5.82 Å². The zero-order valence-electron chi connectivity index (χ0n) is 9.93. The molecule has 0 spiro atoms. The van der Waals surface area contributed by atoms with E-state index in [1.54, 1.807) is 19.2 Å². The maximum atomic E-state index is 11.4. The summed E-state index contributed by atoms with van der Waals surface area (Å²) in [6, 6.07) is 3.12. The number of carboxylic acid groups (broad SMARTS) is 1. The number of nitrogens with zero attached hydrogens (tertiary/aromatic N) is 2. The van der Waals surface area contributed by atoms with Gasteiger partial charge in [0.25, 0.3) is 0 Å². The monoisotopic (exact) mass is 238 g/mol. The second kappa shape index (κ2) is 4.82. The third-order valence-corrected chi connectivity index (χ3v) is 2.41. The minimum Gasteiger partial charge on any atom is -0.480 e. The molecule has 0 bridgehead atoms. The molecule has 0 fully saturated rings. The lowest BCUT2D eigenvalue weighted by Gasteiger charge is -2.19. The van der Waals surface area contributed by atoms with Crippen LogP contribution in [0, 0.1) is 0 Å². The second-order valence-corrected chi connectivity index (χ2v) is 3.69. The Morgan fingerprint density at radius 2 is 1.88 bits per heavy atom. The van der Waals surface area contributed by atoms with Gasteiger partial charge in [-0.3, -0.25) is 19.3 Å². The van der Waals surface area contributed by atoms with Gasteiger partial charge in [-0.15, -0.1) is 0 Å². The molecule has 6 heteroatoms. The largest absolute Gasteiger partial charge is 0.480 e. The smallest absolute Gasteiger partial charge is 0.323 e. The van der Waals surface area contributed by atoms with Crippen LogP contribution in [0.3, 0.4) is 0 Å². The van der Waals surface area contributed by atoms with Gasteiger partial charge in [0.15, 0.2) is 5.78 Å². The molecule has 92 valence electrons. The van der Waals surface area contributed by atoms with Crippen LogP contribution in [0.5, 0.6) is 0 Å². The molecule has 1 N–H and O–H groups in total. The fourth-order valence-electron chi connectivity index (χ4n) is 1.61. The van der Waals surface area contributed by atoms with Crippen molar-refractivity contribution in [3.63, 3.8) is 0 Å². The number of carbonyl (C=O) groups excluding carboxylic acids is 2. The van der Waals surface area contributed by atoms with Crippen LogP contribution < -0.4 is 4.90 Å². The molecule has 0 aromatic carbocycles. The van der Waals surface area contributed by atoms with Gasteiger partial charge in [-0.05, 0) is 12.1 Å². The minimum atomic E-state index is -1.11. The van der Waals surface area contributed by atoms with Gasteiger partial charge in [0.2, 0.25) is 5.91 Å². The molecule has 0 saturated heterocycles. The predicted octanol–water partition coefficient (Wildman–Crippen LogP) is 0.665. The van der Waals surface area contributed by atoms with Crippen molar-refractivity contribution < 1.29 is 19.5 Å². The average Bonchev–Trinajstić information content (AvgIpc) is 2.56. The number of aliphatic carboxylic acids is 1. The highest BCUT2D eigenvalue weighted by molar-refractivity contribution is 5.98. The van der Waals surface area contributed by atoms with E-state index in [0.29, 0.717) is 11.5 Å². The number of carboxylic acids is 1. The highest BCUT2D eigenvalue weighted by atomic mass is 16.4. The first-order valence-corrected chi connectivity index (χ1v) is 5.01. The summed E-state index contributed by atoms with van der Waals surface area (Å²) in [6.45, 7) is 2.27. The summed E-state index contributed by atoms with van der Waals surface area (Å²) < 4.78 is 1.51. The van der Waals surface area contributed by atoms with Crippen LogP contribution in [0.25, 0.3) is 0 Å². The summed E-state index contributed by atoms with van der Waals surface area (Å²) in [5.41, 5.74) is 0.427. The Morgan fingerprint density at radius 3 is 2.24 bits per heavy atom. The summed E-state index contributed by atoms with van der Waals surface area (Å²) in [4.78, 5) is 34.4. The average molecular weight is 238 g/mol. The first-order valence-electron chi connectivity index (χ1n) is 5.01. The normalized spacial score (nSPS) is 10.1. The van der Waals surface area contributed by atoms with E-state index >= 15 is 0 Å². The van der Waals surface area contributed by atoms with Crippen LogP contribution in [0.2, 0.25) is 0 Å². The molecule has 0 aliphatic carbocycles. The molecule has 1 aromatic rings. The maximum absolute atomic E-state index is 11.4. The van der Waals surface area contributed by atoms with Gasteiger partial charge in [-0.1, -0.05) is 0 Å². The van der Waals surface area contributed by atoms with E-state index < -0.39 is 12.5 Å². The summed E-state index contributed by atoms with van der Waals surface area (Å²) in [5.74, 6) is -1.24. The van der Waals surface area contributed by atoms with Crippen molar-refractivity contribution in [2.24, 2.45) is 7.05 Å². The van der Waals surface area contributed by atoms with Crippen molar-refractivity contribution in [1.82, 2.24) is 4.57 Å². The predicted molar refractivity (Wildman–Crippen MR) is 61.1 cm³/mol. The molecular formula is C11H14N2O4. The molecule has 0 saturated carbocycles. The SMILES string of the molecule is CC(=O)c1ccc(N(CC(=O)O)C(C)=O)n1C. The standard InChI is InChI=1S/C11H14N2O4/c1-7(14)9-4-5-10(12(9)3)13(8(2)15)6-11(16)17/h4-5H,6H2,1-3H3,(H,16,17). The van der Waals surface area contributed by atoms with Crippen molar-refractivity contribution in [2.75, 3.05) is 11.4 Å². The van der Waals surface area contributed by atoms with Crippen molar-refractivity contribution in [2.45, 2.75) is 13.8 Å². The number of carbonyl (C=O) groups is 3. The van der Waals surface area contributed by atoms with Crippen LogP contribution >= 0.6 is 0 Å². The minimum absolute atomic E-state index is 0.141. The lowest BCUT2D eigenvalue weighted by Crippen LogP contribution is -2.35. The van der Waals surface area contributed by atoms with Crippen molar-refractivity contribution >= 4 is 23.5 Å². The Kier molecular flexibility index (Phi) is 3.67. The Bertz CT molecular complexity index is 476. The molecule has 0 atom stereocenters. The fourth-order valence-corrected chi connectivity index (χ4v) is 1.61. The quantitative estimate of drug-likeness (QED) is 0.782. The van der Waals surface area contributed by atoms with Crippen LogP contribution in [0.1, 0.15) is 24.3 Å². The highest BCUT2D eigenvalue weighted by Crippen LogP contribution is 2.18. The number of ketones is 1. The van der Waals surface area contributed by atoms with Gasteiger partial charge >= 0.3 is 5.97 Å². The molecular weight excluding hydrogens is 224 g/mol. The first kappa shape index (κ1) is 13.0. The summed E-state index contributed by atoms with van der Waals surface area (Å²) in [7, 11) is 1.61. The first-order chi connectivity index (χ1) is 7.84. The zero-order valence-corrected chi connectivity index (χ0v) is 9.93. The lowest BCUT2D eigenvalue weighted by molar-refractivity contribution is -0.136. The molecule has 1 rings (SSSR count). The molecule has 6 nitrogen and oxygen atoms in total. The van der Waals surface area contributed by atoms with Crippen molar-refractivity contribution in [3.8, 4) is 0 Å². The van der Waals surface area contributed by atoms with Crippen molar-refractivity contribution in [3.05, 3.63) is 17.8 Å². The lowest BCUT2D eigenvalue weighted by atomic mass is 10.3. The van der Waals surface area contributed by atoms with E-state index in [-0.39, 0.29) is 11.7 Å². The molecule has 1 amide bonds. The van der Waals surface area contributed by atoms with E-state index in [1.165, 1.54) is 18.4 Å². The van der Waals surface area contributed by atoms with Crippen LogP contribution in [-0.4, -0.2) is 33.9 Å². The maximum Gasteiger partial charge on any atom is 0.323 e. The Balaban J connectivity index is 3.15.